The normalized spacial score (nSPS) is 17.1. The topological polar surface area (TPSA) is 101 Å². The maximum Gasteiger partial charge on any atom is 0.433 e. The fourth-order valence-corrected chi connectivity index (χ4v) is 3.22. The van der Waals surface area contributed by atoms with Crippen molar-refractivity contribution >= 4 is 23.3 Å². The Morgan fingerprint density at radius 3 is 2.59 bits per heavy atom. The van der Waals surface area contributed by atoms with E-state index >= 15 is 0 Å². The molecule has 1 aliphatic heterocycles. The summed E-state index contributed by atoms with van der Waals surface area (Å²) >= 11 is 0. The number of piperidine rings is 1. The number of pyridine rings is 2. The molecule has 0 saturated carbocycles. The molecule has 2 aromatic rings. The van der Waals surface area contributed by atoms with Gasteiger partial charge in [-0.15, -0.1) is 0 Å². The van der Waals surface area contributed by atoms with Crippen molar-refractivity contribution in [3.63, 3.8) is 0 Å². The zero-order valence-electron chi connectivity index (χ0n) is 15.7. The number of carbonyl (C=O) groups excluding carboxylic acids is 2. The van der Waals surface area contributed by atoms with E-state index < -0.39 is 17.8 Å². The van der Waals surface area contributed by atoms with Crippen LogP contribution >= 0.6 is 0 Å². The Morgan fingerprint density at radius 1 is 1.24 bits per heavy atom. The number of aromatic nitrogens is 2. The van der Waals surface area contributed by atoms with E-state index in [2.05, 4.69) is 15.3 Å². The van der Waals surface area contributed by atoms with Gasteiger partial charge in [0.1, 0.15) is 11.5 Å². The Bertz CT molecular complexity index is 915. The van der Waals surface area contributed by atoms with Crippen LogP contribution in [0.4, 0.5) is 24.7 Å². The molecule has 3 rings (SSSR count). The number of nitrogens with two attached hydrogens (primary N) is 1. The zero-order chi connectivity index (χ0) is 21.2. The summed E-state index contributed by atoms with van der Waals surface area (Å²) in [5.74, 6) is -0.481. The van der Waals surface area contributed by atoms with Gasteiger partial charge in [0.15, 0.2) is 0 Å². The van der Waals surface area contributed by atoms with E-state index in [1.807, 2.05) is 4.90 Å². The summed E-state index contributed by atoms with van der Waals surface area (Å²) < 4.78 is 38.1. The fourth-order valence-electron chi connectivity index (χ4n) is 3.22. The summed E-state index contributed by atoms with van der Waals surface area (Å²) in [5, 5.41) is 2.60. The Morgan fingerprint density at radius 2 is 2.00 bits per heavy atom. The SMILES string of the molecule is Cc1nc(C(F)(F)F)ccc1C(=O)Nc1ccc(N2CCCC(C(N)=O)C2)nc1. The number of nitrogens with one attached hydrogen (secondary N) is 1. The van der Waals surface area contributed by atoms with Crippen LogP contribution in [0.25, 0.3) is 0 Å². The highest BCUT2D eigenvalue weighted by Gasteiger charge is 2.33. The molecule has 154 valence electrons. The number of carbonyl (C=O) groups is 2. The molecule has 1 aliphatic rings. The molecule has 29 heavy (non-hydrogen) atoms. The molecular formula is C19H20F3N5O2. The van der Waals surface area contributed by atoms with Crippen LogP contribution in [-0.4, -0.2) is 34.9 Å². The van der Waals surface area contributed by atoms with Crippen molar-refractivity contribution in [2.24, 2.45) is 11.7 Å². The zero-order valence-corrected chi connectivity index (χ0v) is 15.7. The van der Waals surface area contributed by atoms with Crippen LogP contribution in [0.3, 0.4) is 0 Å². The van der Waals surface area contributed by atoms with Crippen molar-refractivity contribution in [2.45, 2.75) is 25.9 Å². The van der Waals surface area contributed by atoms with Crippen molar-refractivity contribution in [3.05, 3.63) is 47.4 Å². The van der Waals surface area contributed by atoms with E-state index in [9.17, 15) is 22.8 Å². The molecule has 0 aliphatic carbocycles. The first kappa shape index (κ1) is 20.6. The van der Waals surface area contributed by atoms with Gasteiger partial charge in [0.25, 0.3) is 5.91 Å². The summed E-state index contributed by atoms with van der Waals surface area (Å²) in [4.78, 5) is 33.5. The third-order valence-electron chi connectivity index (χ3n) is 4.77. The van der Waals surface area contributed by atoms with E-state index in [1.54, 1.807) is 12.1 Å². The highest BCUT2D eigenvalue weighted by atomic mass is 19.4. The lowest BCUT2D eigenvalue weighted by Gasteiger charge is -2.32. The van der Waals surface area contributed by atoms with Gasteiger partial charge in [-0.05, 0) is 44.0 Å². The standard InChI is InChI=1S/C19H20F3N5O2/c1-11-14(5-6-15(25-11)19(20,21)22)18(29)26-13-4-7-16(24-9-13)27-8-2-3-12(10-27)17(23)28/h4-7,9,12H,2-3,8,10H2,1H3,(H2,23,28)(H,26,29). The Labute approximate surface area is 165 Å². The molecule has 10 heteroatoms. The van der Waals surface area contributed by atoms with E-state index in [4.69, 9.17) is 5.73 Å². The van der Waals surface area contributed by atoms with Crippen molar-refractivity contribution < 1.29 is 22.8 Å². The summed E-state index contributed by atoms with van der Waals surface area (Å²) in [7, 11) is 0. The Hall–Kier alpha value is -3.17. The molecule has 7 nitrogen and oxygen atoms in total. The van der Waals surface area contributed by atoms with Crippen LogP contribution in [-0.2, 0) is 11.0 Å². The molecule has 2 aromatic heterocycles. The number of rotatable bonds is 4. The molecule has 0 radical (unpaired) electrons. The number of aryl methyl sites for hydroxylation is 1. The maximum absolute atomic E-state index is 12.7. The molecule has 1 unspecified atom stereocenters. The van der Waals surface area contributed by atoms with Crippen molar-refractivity contribution in [3.8, 4) is 0 Å². The van der Waals surface area contributed by atoms with Gasteiger partial charge < -0.3 is 16.0 Å². The molecule has 0 aromatic carbocycles. The molecule has 1 atom stereocenters. The quantitative estimate of drug-likeness (QED) is 0.812. The molecular weight excluding hydrogens is 387 g/mol. The number of primary amides is 1. The number of hydrogen-bond donors (Lipinski definition) is 2. The van der Waals surface area contributed by atoms with E-state index in [0.29, 0.717) is 18.1 Å². The molecule has 1 saturated heterocycles. The van der Waals surface area contributed by atoms with Gasteiger partial charge in [0.2, 0.25) is 5.91 Å². The van der Waals surface area contributed by atoms with Crippen molar-refractivity contribution in [2.75, 3.05) is 23.3 Å². The second kappa shape index (κ2) is 8.06. The van der Waals surface area contributed by atoms with Gasteiger partial charge in [-0.25, -0.2) is 9.97 Å². The van der Waals surface area contributed by atoms with E-state index in [0.717, 1.165) is 31.5 Å². The van der Waals surface area contributed by atoms with Gasteiger partial charge in [0.05, 0.1) is 29.1 Å². The third kappa shape index (κ3) is 4.82. The van der Waals surface area contributed by atoms with Crippen LogP contribution < -0.4 is 16.0 Å². The van der Waals surface area contributed by atoms with Crippen molar-refractivity contribution in [1.29, 1.82) is 0 Å². The van der Waals surface area contributed by atoms with Crippen LogP contribution in [0, 0.1) is 12.8 Å². The van der Waals surface area contributed by atoms with Gasteiger partial charge in [0, 0.05) is 13.1 Å². The minimum atomic E-state index is -4.57. The number of alkyl halides is 3. The smallest absolute Gasteiger partial charge is 0.369 e. The molecule has 3 N–H and O–H groups in total. The predicted octanol–water partition coefficient (Wildman–Crippen LogP) is 2.76. The van der Waals surface area contributed by atoms with Crippen LogP contribution in [0.2, 0.25) is 0 Å². The summed E-state index contributed by atoms with van der Waals surface area (Å²) in [6.45, 7) is 2.58. The Kier molecular flexibility index (Phi) is 5.71. The fraction of sp³-hybridized carbons (Fsp3) is 0.368. The van der Waals surface area contributed by atoms with Crippen LogP contribution in [0.15, 0.2) is 30.5 Å². The van der Waals surface area contributed by atoms with E-state index in [-0.39, 0.29) is 23.1 Å². The summed E-state index contributed by atoms with van der Waals surface area (Å²) in [5.41, 5.74) is 4.75. The number of amides is 2. The Balaban J connectivity index is 1.68. The minimum absolute atomic E-state index is 0.0206. The number of halogens is 3. The lowest BCUT2D eigenvalue weighted by molar-refractivity contribution is -0.141. The molecule has 3 heterocycles. The van der Waals surface area contributed by atoms with Gasteiger partial charge in [-0.1, -0.05) is 0 Å². The maximum atomic E-state index is 12.7. The average molecular weight is 407 g/mol. The number of anilines is 2. The first-order valence-electron chi connectivity index (χ1n) is 9.01. The molecule has 2 amide bonds. The summed E-state index contributed by atoms with van der Waals surface area (Å²) in [6.07, 6.45) is -1.54. The molecule has 0 spiro atoms. The average Bonchev–Trinajstić information content (AvgIpc) is 2.67. The third-order valence-corrected chi connectivity index (χ3v) is 4.77. The van der Waals surface area contributed by atoms with E-state index in [1.165, 1.54) is 13.1 Å². The molecule has 0 bridgehead atoms. The monoisotopic (exact) mass is 407 g/mol. The van der Waals surface area contributed by atoms with Gasteiger partial charge in [-0.2, -0.15) is 13.2 Å². The molecule has 1 fully saturated rings. The second-order valence-corrected chi connectivity index (χ2v) is 6.87. The predicted molar refractivity (Wildman–Crippen MR) is 100 cm³/mol. The lowest BCUT2D eigenvalue weighted by atomic mass is 9.97. The summed E-state index contributed by atoms with van der Waals surface area (Å²) in [6, 6.07) is 5.21. The van der Waals surface area contributed by atoms with Crippen LogP contribution in [0.1, 0.15) is 34.6 Å². The van der Waals surface area contributed by atoms with Crippen LogP contribution in [0.5, 0.6) is 0 Å². The number of hydrogen-bond acceptors (Lipinski definition) is 5. The first-order chi connectivity index (χ1) is 13.6. The van der Waals surface area contributed by atoms with Gasteiger partial charge in [-0.3, -0.25) is 9.59 Å². The highest BCUT2D eigenvalue weighted by Crippen LogP contribution is 2.28. The number of nitrogens with zero attached hydrogens (tertiary/aromatic N) is 3. The van der Waals surface area contributed by atoms with Gasteiger partial charge >= 0.3 is 6.18 Å². The van der Waals surface area contributed by atoms with Crippen molar-refractivity contribution in [1.82, 2.24) is 9.97 Å². The largest absolute Gasteiger partial charge is 0.433 e. The first-order valence-corrected chi connectivity index (χ1v) is 9.01. The second-order valence-electron chi connectivity index (χ2n) is 6.87. The highest BCUT2D eigenvalue weighted by molar-refractivity contribution is 6.04. The lowest BCUT2D eigenvalue weighted by Crippen LogP contribution is -2.41. The minimum Gasteiger partial charge on any atom is -0.369 e.